The average Bonchev–Trinajstić information content (AvgIpc) is 3.33. The lowest BCUT2D eigenvalue weighted by Crippen LogP contribution is -2.38. The fraction of sp³-hybridized carbons (Fsp3) is 0.368. The fourth-order valence-corrected chi connectivity index (χ4v) is 2.63. The minimum atomic E-state index is -0.169. The molecule has 0 fully saturated rings. The molecule has 0 aliphatic carbocycles. The molecule has 3 aromatic rings. The van der Waals surface area contributed by atoms with E-state index in [1.165, 1.54) is 6.33 Å². The summed E-state index contributed by atoms with van der Waals surface area (Å²) in [6, 6.07) is 9.41. The zero-order valence-corrected chi connectivity index (χ0v) is 16.0. The van der Waals surface area contributed by atoms with Gasteiger partial charge >= 0.3 is 6.03 Å². The standard InChI is InChI=1S/C19H24N6O2/c1-13(2)18-9-16(23-27-18)10-24(4)19(26)22-14(3)15-5-7-17(8-6-15)25-12-20-11-21-25/h5-9,11-14H,10H2,1-4H3,(H,22,26)/t14-/m1/s1. The van der Waals surface area contributed by atoms with Crippen molar-refractivity contribution in [2.45, 2.75) is 39.3 Å². The Labute approximate surface area is 158 Å². The topological polar surface area (TPSA) is 89.1 Å². The first kappa shape index (κ1) is 18.6. The molecule has 0 unspecified atom stereocenters. The molecule has 2 aromatic heterocycles. The lowest BCUT2D eigenvalue weighted by atomic mass is 10.1. The number of hydrogen-bond donors (Lipinski definition) is 1. The molecule has 3 rings (SSSR count). The van der Waals surface area contributed by atoms with Crippen LogP contribution < -0.4 is 5.32 Å². The zero-order chi connectivity index (χ0) is 19.4. The van der Waals surface area contributed by atoms with Gasteiger partial charge in [-0.3, -0.25) is 0 Å². The molecule has 142 valence electrons. The fourth-order valence-electron chi connectivity index (χ4n) is 2.63. The largest absolute Gasteiger partial charge is 0.361 e. The van der Waals surface area contributed by atoms with Gasteiger partial charge in [-0.1, -0.05) is 31.1 Å². The number of carbonyl (C=O) groups is 1. The summed E-state index contributed by atoms with van der Waals surface area (Å²) in [5, 5.41) is 11.1. The SMILES string of the molecule is CC(C)c1cc(CN(C)C(=O)N[C@H](C)c2ccc(-n3cncn3)cc2)no1. The highest BCUT2D eigenvalue weighted by molar-refractivity contribution is 5.74. The number of aromatic nitrogens is 4. The Kier molecular flexibility index (Phi) is 5.54. The summed E-state index contributed by atoms with van der Waals surface area (Å²) < 4.78 is 6.96. The minimum absolute atomic E-state index is 0.131. The van der Waals surface area contributed by atoms with Crippen LogP contribution in [-0.2, 0) is 6.54 Å². The van der Waals surface area contributed by atoms with Crippen LogP contribution in [0.25, 0.3) is 5.69 Å². The molecule has 2 amide bonds. The number of hydrogen-bond acceptors (Lipinski definition) is 5. The van der Waals surface area contributed by atoms with Crippen molar-refractivity contribution in [2.24, 2.45) is 0 Å². The summed E-state index contributed by atoms with van der Waals surface area (Å²) in [4.78, 5) is 18.0. The molecule has 0 saturated carbocycles. The molecule has 0 radical (unpaired) electrons. The van der Waals surface area contributed by atoms with E-state index in [0.29, 0.717) is 6.54 Å². The van der Waals surface area contributed by atoms with Crippen LogP contribution in [0, 0.1) is 0 Å². The summed E-state index contributed by atoms with van der Waals surface area (Å²) in [6.07, 6.45) is 3.13. The second kappa shape index (κ2) is 8.03. The second-order valence-electron chi connectivity index (χ2n) is 6.83. The van der Waals surface area contributed by atoms with Crippen molar-refractivity contribution in [3.05, 3.63) is 60.0 Å². The summed E-state index contributed by atoms with van der Waals surface area (Å²) in [5.74, 6) is 1.09. The van der Waals surface area contributed by atoms with Crippen LogP contribution in [0.15, 0.2) is 47.5 Å². The van der Waals surface area contributed by atoms with E-state index in [1.54, 1.807) is 23.0 Å². The van der Waals surface area contributed by atoms with E-state index in [2.05, 4.69) is 20.6 Å². The maximum absolute atomic E-state index is 12.5. The molecule has 0 bridgehead atoms. The molecule has 0 spiro atoms. The van der Waals surface area contributed by atoms with Crippen LogP contribution in [-0.4, -0.2) is 37.9 Å². The van der Waals surface area contributed by atoms with Crippen molar-refractivity contribution in [1.29, 1.82) is 0 Å². The second-order valence-corrected chi connectivity index (χ2v) is 6.83. The van der Waals surface area contributed by atoms with Gasteiger partial charge in [-0.05, 0) is 24.6 Å². The van der Waals surface area contributed by atoms with Crippen LogP contribution in [0.3, 0.4) is 0 Å². The molecule has 0 aliphatic heterocycles. The van der Waals surface area contributed by atoms with E-state index in [0.717, 1.165) is 22.7 Å². The maximum Gasteiger partial charge on any atom is 0.317 e. The molecular weight excluding hydrogens is 344 g/mol. The first-order chi connectivity index (χ1) is 12.9. The Hall–Kier alpha value is -3.16. The van der Waals surface area contributed by atoms with Gasteiger partial charge in [0, 0.05) is 19.0 Å². The predicted octanol–water partition coefficient (Wildman–Crippen LogP) is 3.28. The van der Waals surface area contributed by atoms with E-state index < -0.39 is 0 Å². The Morgan fingerprint density at radius 1 is 1.26 bits per heavy atom. The number of benzene rings is 1. The van der Waals surface area contributed by atoms with Gasteiger partial charge in [0.05, 0.1) is 18.3 Å². The van der Waals surface area contributed by atoms with Gasteiger partial charge in [-0.25, -0.2) is 14.5 Å². The van der Waals surface area contributed by atoms with Gasteiger partial charge in [0.15, 0.2) is 0 Å². The van der Waals surface area contributed by atoms with Gasteiger partial charge in [0.2, 0.25) is 0 Å². The molecule has 0 saturated heterocycles. The van der Waals surface area contributed by atoms with Crippen molar-refractivity contribution in [1.82, 2.24) is 30.1 Å². The Balaban J connectivity index is 1.57. The quantitative estimate of drug-likeness (QED) is 0.721. The van der Waals surface area contributed by atoms with E-state index in [1.807, 2.05) is 51.1 Å². The third-order valence-corrected chi connectivity index (χ3v) is 4.31. The molecule has 8 heteroatoms. The monoisotopic (exact) mass is 368 g/mol. The van der Waals surface area contributed by atoms with Crippen LogP contribution >= 0.6 is 0 Å². The van der Waals surface area contributed by atoms with E-state index in [4.69, 9.17) is 4.52 Å². The number of amides is 2. The summed E-state index contributed by atoms with van der Waals surface area (Å²) in [7, 11) is 1.74. The highest BCUT2D eigenvalue weighted by Crippen LogP contribution is 2.17. The van der Waals surface area contributed by atoms with Crippen molar-refractivity contribution in [3.8, 4) is 5.69 Å². The highest BCUT2D eigenvalue weighted by Gasteiger charge is 2.16. The Bertz CT molecular complexity index is 870. The maximum atomic E-state index is 12.5. The molecular formula is C19H24N6O2. The smallest absolute Gasteiger partial charge is 0.317 e. The molecule has 0 aliphatic rings. The van der Waals surface area contributed by atoms with Gasteiger partial charge in [-0.15, -0.1) is 0 Å². The van der Waals surface area contributed by atoms with Crippen molar-refractivity contribution in [2.75, 3.05) is 7.05 Å². The third-order valence-electron chi connectivity index (χ3n) is 4.31. The number of nitrogens with zero attached hydrogens (tertiary/aromatic N) is 5. The third kappa shape index (κ3) is 4.52. The average molecular weight is 368 g/mol. The van der Waals surface area contributed by atoms with Crippen molar-refractivity contribution in [3.63, 3.8) is 0 Å². The lowest BCUT2D eigenvalue weighted by Gasteiger charge is -2.21. The highest BCUT2D eigenvalue weighted by atomic mass is 16.5. The van der Waals surface area contributed by atoms with Gasteiger partial charge in [0.25, 0.3) is 0 Å². The molecule has 8 nitrogen and oxygen atoms in total. The number of nitrogens with one attached hydrogen (secondary N) is 1. The van der Waals surface area contributed by atoms with Crippen LogP contribution in [0.5, 0.6) is 0 Å². The van der Waals surface area contributed by atoms with Gasteiger partial charge in [-0.2, -0.15) is 5.10 Å². The van der Waals surface area contributed by atoms with Crippen molar-refractivity contribution < 1.29 is 9.32 Å². The predicted molar refractivity (Wildman–Crippen MR) is 100 cm³/mol. The first-order valence-electron chi connectivity index (χ1n) is 8.86. The summed E-state index contributed by atoms with van der Waals surface area (Å²) in [6.45, 7) is 6.41. The van der Waals surface area contributed by atoms with Crippen LogP contribution in [0.2, 0.25) is 0 Å². The molecule has 27 heavy (non-hydrogen) atoms. The number of carbonyl (C=O) groups excluding carboxylic acids is 1. The normalized spacial score (nSPS) is 12.2. The van der Waals surface area contributed by atoms with Crippen molar-refractivity contribution >= 4 is 6.03 Å². The molecule has 1 aromatic carbocycles. The van der Waals surface area contributed by atoms with Crippen LogP contribution in [0.4, 0.5) is 4.79 Å². The minimum Gasteiger partial charge on any atom is -0.361 e. The zero-order valence-electron chi connectivity index (χ0n) is 16.0. The first-order valence-corrected chi connectivity index (χ1v) is 8.86. The molecule has 1 atom stereocenters. The number of urea groups is 1. The van der Waals surface area contributed by atoms with E-state index >= 15 is 0 Å². The van der Waals surface area contributed by atoms with Crippen LogP contribution in [0.1, 0.15) is 49.7 Å². The lowest BCUT2D eigenvalue weighted by molar-refractivity contribution is 0.202. The molecule has 2 heterocycles. The van der Waals surface area contributed by atoms with Gasteiger partial charge in [0.1, 0.15) is 24.1 Å². The Morgan fingerprint density at radius 3 is 2.59 bits per heavy atom. The number of rotatable bonds is 6. The molecule has 1 N–H and O–H groups in total. The Morgan fingerprint density at radius 2 is 2.00 bits per heavy atom. The van der Waals surface area contributed by atoms with Gasteiger partial charge < -0.3 is 14.7 Å². The summed E-state index contributed by atoms with van der Waals surface area (Å²) in [5.41, 5.74) is 2.66. The van der Waals surface area contributed by atoms with E-state index in [-0.39, 0.29) is 18.0 Å². The summed E-state index contributed by atoms with van der Waals surface area (Å²) >= 11 is 0. The van der Waals surface area contributed by atoms with E-state index in [9.17, 15) is 4.79 Å².